The van der Waals surface area contributed by atoms with E-state index in [0.29, 0.717) is 18.2 Å². The largest absolute Gasteiger partial charge is 0.340 e. The third kappa shape index (κ3) is 4.24. The summed E-state index contributed by atoms with van der Waals surface area (Å²) >= 11 is 1.53. The minimum Gasteiger partial charge on any atom is -0.340 e. The van der Waals surface area contributed by atoms with E-state index in [1.165, 1.54) is 11.3 Å². The van der Waals surface area contributed by atoms with Gasteiger partial charge in [0.2, 0.25) is 0 Å². The quantitative estimate of drug-likeness (QED) is 0.435. The Kier molecular flexibility index (Phi) is 5.64. The highest BCUT2D eigenvalue weighted by Crippen LogP contribution is 2.34. The van der Waals surface area contributed by atoms with E-state index in [4.69, 9.17) is 9.97 Å². The number of aromatic nitrogens is 3. The number of hydrogen-bond acceptors (Lipinski definition) is 6. The van der Waals surface area contributed by atoms with Gasteiger partial charge in [-0.15, -0.1) is 11.3 Å². The summed E-state index contributed by atoms with van der Waals surface area (Å²) in [6, 6.07) is 19.5. The van der Waals surface area contributed by atoms with E-state index in [2.05, 4.69) is 10.3 Å². The van der Waals surface area contributed by atoms with Gasteiger partial charge < -0.3 is 10.2 Å². The smallest absolute Gasteiger partial charge is 0.264 e. The normalized spacial score (nSPS) is 15.7. The lowest BCUT2D eigenvalue weighted by atomic mass is 10.1. The summed E-state index contributed by atoms with van der Waals surface area (Å²) in [5.41, 5.74) is 2.65. The number of rotatable bonds is 5. The molecular weight excluding hydrogens is 418 g/mol. The zero-order chi connectivity index (χ0) is 21.9. The number of benzene rings is 1. The third-order valence-corrected chi connectivity index (χ3v) is 6.50. The van der Waals surface area contributed by atoms with Crippen molar-refractivity contribution >= 4 is 28.7 Å². The van der Waals surface area contributed by atoms with Crippen LogP contribution >= 0.6 is 11.3 Å². The molecular formula is C25H23N5OS. The first-order valence-corrected chi connectivity index (χ1v) is 11.5. The van der Waals surface area contributed by atoms with E-state index in [1.54, 1.807) is 12.4 Å². The molecule has 32 heavy (non-hydrogen) atoms. The highest BCUT2D eigenvalue weighted by atomic mass is 32.1. The summed E-state index contributed by atoms with van der Waals surface area (Å²) < 4.78 is 0. The molecule has 1 fully saturated rings. The molecule has 1 aliphatic heterocycles. The Balaban J connectivity index is 1.53. The van der Waals surface area contributed by atoms with Crippen LogP contribution in [0.3, 0.4) is 0 Å². The predicted molar refractivity (Wildman–Crippen MR) is 127 cm³/mol. The molecule has 5 rings (SSSR count). The number of likely N-dealkylation sites (tertiary alicyclic amines) is 1. The topological polar surface area (TPSA) is 71.0 Å². The number of anilines is 2. The van der Waals surface area contributed by atoms with E-state index < -0.39 is 0 Å². The van der Waals surface area contributed by atoms with Crippen molar-refractivity contribution in [3.63, 3.8) is 0 Å². The van der Waals surface area contributed by atoms with Crippen molar-refractivity contribution in [3.05, 3.63) is 88.6 Å². The van der Waals surface area contributed by atoms with Gasteiger partial charge in [0.25, 0.3) is 5.91 Å². The summed E-state index contributed by atoms with van der Waals surface area (Å²) in [6.07, 6.45) is 5.32. The highest BCUT2D eigenvalue weighted by Gasteiger charge is 2.33. The Morgan fingerprint density at radius 1 is 1.09 bits per heavy atom. The second-order valence-electron chi connectivity index (χ2n) is 7.80. The Labute approximate surface area is 191 Å². The second kappa shape index (κ2) is 8.88. The summed E-state index contributed by atoms with van der Waals surface area (Å²) in [5, 5.41) is 3.38. The monoisotopic (exact) mass is 441 g/mol. The first-order chi connectivity index (χ1) is 15.7. The Morgan fingerprint density at radius 2 is 1.97 bits per heavy atom. The molecule has 1 aliphatic rings. The van der Waals surface area contributed by atoms with Gasteiger partial charge in [-0.05, 0) is 56.2 Å². The van der Waals surface area contributed by atoms with Gasteiger partial charge in [-0.1, -0.05) is 18.2 Å². The fourth-order valence-corrected chi connectivity index (χ4v) is 4.80. The fraction of sp³-hybridized carbons (Fsp3) is 0.200. The van der Waals surface area contributed by atoms with Crippen molar-refractivity contribution in [3.8, 4) is 11.3 Å². The molecule has 160 valence electrons. The van der Waals surface area contributed by atoms with Crippen molar-refractivity contribution in [2.45, 2.75) is 25.8 Å². The standard InChI is InChI=1S/C25H23N5OS/c1-17-11-12-22(32-17)25(31)30-14-6-10-21(30)24-28-20(18-7-5-13-26-16-18)15-23(29-24)27-19-8-3-2-4-9-19/h2-5,7-9,11-13,15-16,21H,6,10,14H2,1H3,(H,27,28,29)/t21-/m0/s1. The van der Waals surface area contributed by atoms with Crippen LogP contribution in [0, 0.1) is 6.92 Å². The zero-order valence-electron chi connectivity index (χ0n) is 17.7. The maximum absolute atomic E-state index is 13.2. The molecule has 4 aromatic rings. The fourth-order valence-electron chi connectivity index (χ4n) is 3.98. The number of carbonyl (C=O) groups is 1. The van der Waals surface area contributed by atoms with Crippen LogP contribution in [-0.4, -0.2) is 32.3 Å². The van der Waals surface area contributed by atoms with E-state index in [0.717, 1.165) is 39.5 Å². The lowest BCUT2D eigenvalue weighted by Gasteiger charge is -2.24. The third-order valence-electron chi connectivity index (χ3n) is 5.51. The molecule has 0 unspecified atom stereocenters. The average Bonchev–Trinajstić information content (AvgIpc) is 3.49. The molecule has 0 radical (unpaired) electrons. The molecule has 7 heteroatoms. The number of aryl methyl sites for hydroxylation is 1. The molecule has 1 amide bonds. The zero-order valence-corrected chi connectivity index (χ0v) is 18.5. The average molecular weight is 442 g/mol. The maximum Gasteiger partial charge on any atom is 0.264 e. The van der Waals surface area contributed by atoms with Gasteiger partial charge in [0, 0.05) is 41.1 Å². The summed E-state index contributed by atoms with van der Waals surface area (Å²) in [7, 11) is 0. The van der Waals surface area contributed by atoms with Crippen LogP contribution in [0.15, 0.2) is 73.1 Å². The number of amides is 1. The van der Waals surface area contributed by atoms with Crippen LogP contribution in [0.2, 0.25) is 0 Å². The molecule has 1 N–H and O–H groups in total. The van der Waals surface area contributed by atoms with Gasteiger partial charge in [-0.2, -0.15) is 0 Å². The van der Waals surface area contributed by atoms with Crippen molar-refractivity contribution in [1.29, 1.82) is 0 Å². The van der Waals surface area contributed by atoms with Gasteiger partial charge in [0.1, 0.15) is 5.82 Å². The van der Waals surface area contributed by atoms with Crippen molar-refractivity contribution < 1.29 is 4.79 Å². The van der Waals surface area contributed by atoms with Gasteiger partial charge >= 0.3 is 0 Å². The van der Waals surface area contributed by atoms with Crippen molar-refractivity contribution in [2.75, 3.05) is 11.9 Å². The van der Waals surface area contributed by atoms with Gasteiger partial charge in [0.15, 0.2) is 5.82 Å². The van der Waals surface area contributed by atoms with E-state index in [9.17, 15) is 4.79 Å². The number of pyridine rings is 1. The summed E-state index contributed by atoms with van der Waals surface area (Å²) in [4.78, 5) is 31.0. The molecule has 1 saturated heterocycles. The van der Waals surface area contributed by atoms with E-state index in [-0.39, 0.29) is 11.9 Å². The first kappa shape index (κ1) is 20.3. The number of para-hydroxylation sites is 1. The van der Waals surface area contributed by atoms with Crippen molar-refractivity contribution in [2.24, 2.45) is 0 Å². The second-order valence-corrected chi connectivity index (χ2v) is 9.08. The molecule has 3 aromatic heterocycles. The van der Waals surface area contributed by atoms with Gasteiger partial charge in [-0.25, -0.2) is 9.97 Å². The number of carbonyl (C=O) groups excluding carboxylic acids is 1. The van der Waals surface area contributed by atoms with E-state index in [1.807, 2.05) is 72.5 Å². The van der Waals surface area contributed by atoms with Crippen LogP contribution in [-0.2, 0) is 0 Å². The first-order valence-electron chi connectivity index (χ1n) is 10.7. The Morgan fingerprint density at radius 3 is 2.72 bits per heavy atom. The SMILES string of the molecule is Cc1ccc(C(=O)N2CCC[C@H]2c2nc(Nc3ccccc3)cc(-c3cccnc3)n2)s1. The number of hydrogen-bond donors (Lipinski definition) is 1. The van der Waals surface area contributed by atoms with Gasteiger partial charge in [0.05, 0.1) is 16.6 Å². The predicted octanol–water partition coefficient (Wildman–Crippen LogP) is 5.63. The van der Waals surface area contributed by atoms with Crippen LogP contribution in [0.5, 0.6) is 0 Å². The molecule has 1 atom stereocenters. The van der Waals surface area contributed by atoms with Crippen LogP contribution in [0.25, 0.3) is 11.3 Å². The lowest BCUT2D eigenvalue weighted by molar-refractivity contribution is 0.0735. The number of nitrogens with one attached hydrogen (secondary N) is 1. The number of thiophene rings is 1. The molecule has 6 nitrogen and oxygen atoms in total. The van der Waals surface area contributed by atoms with E-state index >= 15 is 0 Å². The highest BCUT2D eigenvalue weighted by molar-refractivity contribution is 7.13. The molecule has 1 aromatic carbocycles. The number of nitrogens with zero attached hydrogens (tertiary/aromatic N) is 4. The minimum absolute atomic E-state index is 0.0542. The summed E-state index contributed by atoms with van der Waals surface area (Å²) in [6.45, 7) is 2.73. The molecule has 0 saturated carbocycles. The van der Waals surface area contributed by atoms with Crippen LogP contribution in [0.1, 0.15) is 39.3 Å². The summed E-state index contributed by atoms with van der Waals surface area (Å²) in [5.74, 6) is 1.41. The van der Waals surface area contributed by atoms with Crippen molar-refractivity contribution in [1.82, 2.24) is 19.9 Å². The minimum atomic E-state index is -0.155. The Hall–Kier alpha value is -3.58. The maximum atomic E-state index is 13.2. The van der Waals surface area contributed by atoms with Gasteiger partial charge in [-0.3, -0.25) is 9.78 Å². The molecule has 0 spiro atoms. The van der Waals surface area contributed by atoms with Crippen LogP contribution < -0.4 is 5.32 Å². The molecule has 0 bridgehead atoms. The molecule has 0 aliphatic carbocycles. The Bertz CT molecular complexity index is 1230. The van der Waals surface area contributed by atoms with Crippen LogP contribution in [0.4, 0.5) is 11.5 Å². The molecule has 4 heterocycles. The lowest BCUT2D eigenvalue weighted by Crippen LogP contribution is -2.31.